The predicted molar refractivity (Wildman–Crippen MR) is 223 cm³/mol. The second-order valence-electron chi connectivity index (χ2n) is 10.7. The number of carbonyl (C=O) groups excluding carboxylic acids is 4. The smallest absolute Gasteiger partial charge is 0.293 e. The quantitative estimate of drug-likeness (QED) is 0.140. The Bertz CT molecular complexity index is 706. The van der Waals surface area contributed by atoms with E-state index in [1.165, 1.54) is 12.1 Å². The second kappa shape index (κ2) is 73.4. The van der Waals surface area contributed by atoms with E-state index in [-0.39, 0.29) is 22.9 Å². The Morgan fingerprint density at radius 1 is 0.941 bits per heavy atom. The molecule has 51 heavy (non-hydrogen) atoms. The van der Waals surface area contributed by atoms with Crippen molar-refractivity contribution in [3.63, 3.8) is 0 Å². The van der Waals surface area contributed by atoms with E-state index in [0.717, 1.165) is 25.0 Å². The number of Topliss-reactive ketones (excluding diaryl/α,β-unsaturated/α-hetero) is 2. The van der Waals surface area contributed by atoms with Crippen LogP contribution in [0.2, 0.25) is 0 Å². The van der Waals surface area contributed by atoms with Gasteiger partial charge in [-0.05, 0) is 72.8 Å². The Morgan fingerprint density at radius 3 is 1.41 bits per heavy atom. The molecule has 0 saturated heterocycles. The molecule has 1 rings (SSSR count). The second-order valence-corrected chi connectivity index (χ2v) is 11.4. The maximum absolute atomic E-state index is 11.1. The van der Waals surface area contributed by atoms with Crippen LogP contribution in [-0.2, 0) is 49.7 Å². The maximum Gasteiger partial charge on any atom is 0.293 e. The number of nitrogens with one attached hydrogen (secondary N) is 1. The number of hydrogen-bond donors (Lipinski definition) is 1. The Kier molecular flexibility index (Phi) is 107. The first-order valence-corrected chi connectivity index (χ1v) is 18.7. The molecular weight excluding hydrogens is 673 g/mol. The molecule has 0 bridgehead atoms. The molecule has 1 N–H and O–H groups in total. The molecule has 12 nitrogen and oxygen atoms in total. The molecule has 0 radical (unpaired) electrons. The molecule has 0 aliphatic carbocycles. The van der Waals surface area contributed by atoms with Crippen molar-refractivity contribution in [3.8, 4) is 0 Å². The zero-order valence-corrected chi connectivity index (χ0v) is 38.8. The maximum atomic E-state index is 11.1. The fourth-order valence-electron chi connectivity index (χ4n) is 2.19. The fourth-order valence-corrected chi connectivity index (χ4v) is 2.71. The van der Waals surface area contributed by atoms with E-state index in [1.54, 1.807) is 56.5 Å². The summed E-state index contributed by atoms with van der Waals surface area (Å²) < 4.78 is 24.3. The highest BCUT2D eigenvalue weighted by Gasteiger charge is 2.29. The molecular formula is C38H88N3O9P. The SMILES string of the molecule is C=O.CC.CCC.CCCC(C)=O.CCCOC=O.CNC.COC.COC.COC.CPOCC(C)(C)C(C)C(C)=O.Cc1cc(C)n(C)n1. The number of nitrogens with zero attached hydrogens (tertiary/aromatic N) is 2. The van der Waals surface area contributed by atoms with Gasteiger partial charge in [-0.1, -0.05) is 68.7 Å². The van der Waals surface area contributed by atoms with Gasteiger partial charge in [0.2, 0.25) is 0 Å². The highest BCUT2D eigenvalue weighted by Crippen LogP contribution is 2.29. The van der Waals surface area contributed by atoms with E-state index in [4.69, 9.17) is 9.32 Å². The Morgan fingerprint density at radius 2 is 1.29 bits per heavy atom. The molecule has 1 aromatic heterocycles. The molecule has 0 fully saturated rings. The summed E-state index contributed by atoms with van der Waals surface area (Å²) in [6, 6.07) is 2.06. The topological polar surface area (TPSA) is 144 Å². The molecule has 13 heteroatoms. The molecule has 1 heterocycles. The van der Waals surface area contributed by atoms with Crippen molar-refractivity contribution in [2.45, 2.75) is 116 Å². The van der Waals surface area contributed by atoms with Crippen molar-refractivity contribution in [1.82, 2.24) is 15.1 Å². The van der Waals surface area contributed by atoms with Crippen LogP contribution >= 0.6 is 8.81 Å². The number of ketones is 2. The number of ether oxygens (including phenoxy) is 4. The monoisotopic (exact) mass is 762 g/mol. The number of rotatable bonds is 10. The summed E-state index contributed by atoms with van der Waals surface area (Å²) >= 11 is 0. The fraction of sp³-hybridized carbons (Fsp3) is 0.816. The molecule has 0 aliphatic rings. The van der Waals surface area contributed by atoms with Gasteiger partial charge in [0.25, 0.3) is 6.47 Å². The van der Waals surface area contributed by atoms with E-state index in [2.05, 4.69) is 63.1 Å². The van der Waals surface area contributed by atoms with Crippen LogP contribution in [0.15, 0.2) is 6.07 Å². The first-order chi connectivity index (χ1) is 23.9. The van der Waals surface area contributed by atoms with Crippen LogP contribution in [0.5, 0.6) is 0 Å². The minimum atomic E-state index is -0.0329. The Hall–Kier alpha value is -2.08. The van der Waals surface area contributed by atoms with Crippen molar-refractivity contribution in [3.05, 3.63) is 17.5 Å². The van der Waals surface area contributed by atoms with Crippen LogP contribution in [0.3, 0.4) is 0 Å². The largest absolute Gasteiger partial charge is 0.468 e. The first-order valence-electron chi connectivity index (χ1n) is 17.3. The third kappa shape index (κ3) is 106. The van der Waals surface area contributed by atoms with Gasteiger partial charge in [-0.3, -0.25) is 14.3 Å². The summed E-state index contributed by atoms with van der Waals surface area (Å²) in [5.41, 5.74) is 2.27. The predicted octanol–water partition coefficient (Wildman–Crippen LogP) is 8.34. The van der Waals surface area contributed by atoms with Crippen LogP contribution in [0.4, 0.5) is 0 Å². The van der Waals surface area contributed by atoms with Crippen molar-refractivity contribution >= 4 is 33.6 Å². The van der Waals surface area contributed by atoms with Gasteiger partial charge in [0.05, 0.1) is 18.9 Å². The minimum absolute atomic E-state index is 0.0329. The number of aryl methyl sites for hydroxylation is 3. The van der Waals surface area contributed by atoms with Gasteiger partial charge in [0.15, 0.2) is 0 Å². The van der Waals surface area contributed by atoms with Gasteiger partial charge in [-0.2, -0.15) is 5.10 Å². The van der Waals surface area contributed by atoms with E-state index in [1.807, 2.05) is 87.7 Å². The lowest BCUT2D eigenvalue weighted by Crippen LogP contribution is -2.30. The van der Waals surface area contributed by atoms with Gasteiger partial charge in [0, 0.05) is 76.5 Å². The summed E-state index contributed by atoms with van der Waals surface area (Å²) in [5, 5.41) is 6.88. The molecule has 0 aliphatic heterocycles. The highest BCUT2D eigenvalue weighted by atomic mass is 31.1. The molecule has 0 amide bonds. The van der Waals surface area contributed by atoms with Crippen molar-refractivity contribution in [2.75, 3.05) is 76.6 Å². The van der Waals surface area contributed by atoms with Gasteiger partial charge < -0.3 is 38.4 Å². The number of aromatic nitrogens is 2. The zero-order chi connectivity index (χ0) is 43.3. The van der Waals surface area contributed by atoms with Gasteiger partial charge >= 0.3 is 0 Å². The molecule has 1 aromatic rings. The van der Waals surface area contributed by atoms with Crippen LogP contribution in [-0.4, -0.2) is 111 Å². The van der Waals surface area contributed by atoms with Crippen molar-refractivity contribution in [1.29, 1.82) is 0 Å². The van der Waals surface area contributed by atoms with E-state index >= 15 is 0 Å². The molecule has 2 unspecified atom stereocenters. The van der Waals surface area contributed by atoms with Crippen LogP contribution in [0.1, 0.15) is 113 Å². The molecule has 0 aromatic carbocycles. The normalized spacial score (nSPS) is 9.00. The summed E-state index contributed by atoms with van der Waals surface area (Å²) in [4.78, 5) is 38.5. The highest BCUT2D eigenvalue weighted by molar-refractivity contribution is 7.31. The van der Waals surface area contributed by atoms with E-state index in [9.17, 15) is 14.4 Å². The van der Waals surface area contributed by atoms with Crippen molar-refractivity contribution < 1.29 is 42.6 Å². The zero-order valence-electron chi connectivity index (χ0n) is 37.8. The lowest BCUT2D eigenvalue weighted by atomic mass is 9.79. The molecule has 0 spiro atoms. The van der Waals surface area contributed by atoms with Crippen LogP contribution < -0.4 is 5.32 Å². The average molecular weight is 762 g/mol. The van der Waals surface area contributed by atoms with Gasteiger partial charge in [-0.25, -0.2) is 0 Å². The van der Waals surface area contributed by atoms with E-state index in [0.29, 0.717) is 28.5 Å². The minimum Gasteiger partial charge on any atom is -0.468 e. The van der Waals surface area contributed by atoms with Crippen molar-refractivity contribution in [2.24, 2.45) is 18.4 Å². The van der Waals surface area contributed by atoms with Gasteiger partial charge in [0.1, 0.15) is 18.4 Å². The molecule has 0 saturated carbocycles. The summed E-state index contributed by atoms with van der Waals surface area (Å²) in [6.07, 6.45) is 3.87. The summed E-state index contributed by atoms with van der Waals surface area (Å²) in [6.45, 7) is 31.3. The Labute approximate surface area is 319 Å². The summed E-state index contributed by atoms with van der Waals surface area (Å²) in [7, 11) is 16.0. The number of hydrogen-bond acceptors (Lipinski definition) is 11. The third-order valence-electron chi connectivity index (χ3n) is 4.60. The van der Waals surface area contributed by atoms with Gasteiger partial charge in [-0.15, -0.1) is 0 Å². The number of carbonyl (C=O) groups is 4. The van der Waals surface area contributed by atoms with Crippen LogP contribution in [0, 0.1) is 25.2 Å². The lowest BCUT2D eigenvalue weighted by molar-refractivity contribution is -0.128. The summed E-state index contributed by atoms with van der Waals surface area (Å²) in [5.74, 6) is 0.606. The third-order valence-corrected chi connectivity index (χ3v) is 5.03. The Balaban J connectivity index is -0.0000000481. The van der Waals surface area contributed by atoms with E-state index < -0.39 is 0 Å². The standard InChI is InChI=1S/C9H19O2P.C6H10N2.C5H10O.C4H8O2.C3H8.C2H7N.3C2H6O.C2H6.CH2O/c1-7(8(2)10)9(3,4)6-11-12-5;1-5-4-6(2)8(3)7-5;1-3-4-5(2)6;1-2-3-6-4-5;5*1-3-2;2*1-2/h7,12H,6H2,1-5H3;4H,1-3H3;3-4H2,1-2H3;4H,2-3H2,1H3;3H2,1-2H3;3H,1-2H3;3*1-2H3;1-2H3;1H2. The lowest BCUT2D eigenvalue weighted by Gasteiger charge is -2.29. The number of methoxy groups -OCH3 is 3. The first kappa shape index (κ1) is 74.2. The molecule has 314 valence electrons. The van der Waals surface area contributed by atoms with Crippen LogP contribution in [0.25, 0.3) is 0 Å². The molecule has 2 atom stereocenters. The average Bonchev–Trinajstić information content (AvgIpc) is 3.37.